The molecule has 0 saturated carbocycles. The maximum atomic E-state index is 12.5. The van der Waals surface area contributed by atoms with Crippen molar-refractivity contribution in [2.45, 2.75) is 13.5 Å². The lowest BCUT2D eigenvalue weighted by Crippen LogP contribution is -2.05. The molecule has 148 valence electrons. The molecule has 0 aromatic heterocycles. The topological polar surface area (TPSA) is 87.9 Å². The van der Waals surface area contributed by atoms with Crippen molar-refractivity contribution < 1.29 is 32.7 Å². The van der Waals surface area contributed by atoms with Crippen molar-refractivity contribution >= 4 is 17.5 Å². The molecular weight excluding hydrogens is 376 g/mol. The number of alkyl halides is 2. The van der Waals surface area contributed by atoms with Crippen LogP contribution in [0.5, 0.6) is 17.2 Å². The number of allylic oxidation sites excluding steroid dienone is 1. The Bertz CT molecular complexity index is 927. The molecule has 0 saturated heterocycles. The Labute approximate surface area is 159 Å². The van der Waals surface area contributed by atoms with Gasteiger partial charge < -0.3 is 14.2 Å². The zero-order valence-electron chi connectivity index (χ0n) is 15.3. The van der Waals surface area contributed by atoms with Gasteiger partial charge in [-0.05, 0) is 42.8 Å². The highest BCUT2D eigenvalue weighted by atomic mass is 19.3. The van der Waals surface area contributed by atoms with Gasteiger partial charge in [-0.3, -0.25) is 14.9 Å². The minimum atomic E-state index is -3.18. The van der Waals surface area contributed by atoms with Crippen LogP contribution in [0.15, 0.2) is 36.4 Å². The molecule has 0 aliphatic heterocycles. The number of methoxy groups -OCH3 is 2. The van der Waals surface area contributed by atoms with Crippen LogP contribution >= 0.6 is 0 Å². The molecule has 9 heteroatoms. The molecule has 0 spiro atoms. The van der Waals surface area contributed by atoms with E-state index in [2.05, 4.69) is 4.74 Å². The van der Waals surface area contributed by atoms with Crippen LogP contribution in [-0.4, -0.2) is 31.5 Å². The van der Waals surface area contributed by atoms with E-state index in [0.717, 1.165) is 23.8 Å². The number of hydrogen-bond donors (Lipinski definition) is 0. The number of benzene rings is 2. The maximum absolute atomic E-state index is 12.5. The Morgan fingerprint density at radius 2 is 1.79 bits per heavy atom. The second-order valence-corrected chi connectivity index (χ2v) is 5.60. The molecule has 7 nitrogen and oxygen atoms in total. The first-order chi connectivity index (χ1) is 13.3. The number of ketones is 1. The van der Waals surface area contributed by atoms with E-state index in [1.807, 2.05) is 6.92 Å². The van der Waals surface area contributed by atoms with Crippen LogP contribution < -0.4 is 14.2 Å². The molecule has 28 heavy (non-hydrogen) atoms. The second-order valence-electron chi connectivity index (χ2n) is 5.60. The van der Waals surface area contributed by atoms with E-state index in [1.165, 1.54) is 20.3 Å². The van der Waals surface area contributed by atoms with Gasteiger partial charge >= 0.3 is 6.61 Å². The highest BCUT2D eigenvalue weighted by molar-refractivity contribution is 6.08. The third kappa shape index (κ3) is 4.81. The molecule has 0 radical (unpaired) electrons. The SMILES string of the molecule is COc1cc(/C=C/C(=O)c2ccc(C)cc2OC)c([N+](=O)[O-])cc1OC(F)F. The van der Waals surface area contributed by atoms with E-state index in [0.29, 0.717) is 5.75 Å². The molecule has 0 fully saturated rings. The van der Waals surface area contributed by atoms with Crippen molar-refractivity contribution in [2.75, 3.05) is 14.2 Å². The highest BCUT2D eigenvalue weighted by Crippen LogP contribution is 2.36. The van der Waals surface area contributed by atoms with E-state index < -0.39 is 28.8 Å². The average Bonchev–Trinajstić information content (AvgIpc) is 2.65. The average molecular weight is 393 g/mol. The number of hydrogen-bond acceptors (Lipinski definition) is 6. The molecule has 0 amide bonds. The van der Waals surface area contributed by atoms with Crippen LogP contribution in [0.25, 0.3) is 6.08 Å². The highest BCUT2D eigenvalue weighted by Gasteiger charge is 2.21. The van der Waals surface area contributed by atoms with E-state index in [-0.39, 0.29) is 16.9 Å². The Kier molecular flexibility index (Phi) is 6.64. The summed E-state index contributed by atoms with van der Waals surface area (Å²) in [5, 5.41) is 11.3. The Morgan fingerprint density at radius 1 is 1.11 bits per heavy atom. The van der Waals surface area contributed by atoms with Gasteiger partial charge in [-0.15, -0.1) is 0 Å². The van der Waals surface area contributed by atoms with Gasteiger partial charge in [0.1, 0.15) is 5.75 Å². The lowest BCUT2D eigenvalue weighted by atomic mass is 10.0. The van der Waals surface area contributed by atoms with Crippen LogP contribution in [0.1, 0.15) is 21.5 Å². The van der Waals surface area contributed by atoms with Crippen molar-refractivity contribution in [1.29, 1.82) is 0 Å². The van der Waals surface area contributed by atoms with Crippen LogP contribution in [0.2, 0.25) is 0 Å². The summed E-state index contributed by atoms with van der Waals surface area (Å²) in [7, 11) is 2.63. The Balaban J connectivity index is 2.44. The van der Waals surface area contributed by atoms with E-state index in [9.17, 15) is 23.7 Å². The summed E-state index contributed by atoms with van der Waals surface area (Å²) < 4.78 is 39.4. The van der Waals surface area contributed by atoms with Crippen molar-refractivity contribution in [3.8, 4) is 17.2 Å². The lowest BCUT2D eigenvalue weighted by Gasteiger charge is -2.11. The van der Waals surface area contributed by atoms with Crippen molar-refractivity contribution in [2.24, 2.45) is 0 Å². The predicted molar refractivity (Wildman–Crippen MR) is 97.4 cm³/mol. The van der Waals surface area contributed by atoms with Gasteiger partial charge in [-0.1, -0.05) is 6.07 Å². The number of rotatable bonds is 8. The molecular formula is C19H17F2NO6. The van der Waals surface area contributed by atoms with Gasteiger partial charge in [0.05, 0.1) is 36.3 Å². The predicted octanol–water partition coefficient (Wildman–Crippen LogP) is 4.42. The maximum Gasteiger partial charge on any atom is 0.387 e. The first-order valence-electron chi connectivity index (χ1n) is 7.95. The third-order valence-electron chi connectivity index (χ3n) is 3.76. The molecule has 0 N–H and O–H groups in total. The first-order valence-corrected chi connectivity index (χ1v) is 7.95. The first kappa shape index (κ1) is 20.8. The largest absolute Gasteiger partial charge is 0.496 e. The van der Waals surface area contributed by atoms with Gasteiger partial charge in [-0.2, -0.15) is 8.78 Å². The number of aryl methyl sites for hydroxylation is 1. The minimum absolute atomic E-state index is 0.0112. The molecule has 0 bridgehead atoms. The molecule has 2 aromatic rings. The summed E-state index contributed by atoms with van der Waals surface area (Å²) in [5.41, 5.74) is 0.642. The normalized spacial score (nSPS) is 10.9. The summed E-state index contributed by atoms with van der Waals surface area (Å²) in [4.78, 5) is 23.0. The van der Waals surface area contributed by atoms with E-state index in [1.54, 1.807) is 18.2 Å². The molecule has 0 aliphatic carbocycles. The standard InChI is InChI=1S/C19H17F2NO6/c1-11-4-6-13(16(8-11)26-2)15(23)7-5-12-9-17(27-3)18(28-19(20)21)10-14(12)22(24)25/h4-10,19H,1-3H3/b7-5+. The number of nitro benzene ring substituents is 1. The van der Waals surface area contributed by atoms with Gasteiger partial charge in [0.15, 0.2) is 17.3 Å². The summed E-state index contributed by atoms with van der Waals surface area (Å²) in [6, 6.07) is 6.96. The van der Waals surface area contributed by atoms with Gasteiger partial charge in [0, 0.05) is 0 Å². The molecule has 2 aromatic carbocycles. The van der Waals surface area contributed by atoms with Gasteiger partial charge in [0.2, 0.25) is 0 Å². The fraction of sp³-hybridized carbons (Fsp3) is 0.211. The fourth-order valence-corrected chi connectivity index (χ4v) is 2.46. The molecule has 0 unspecified atom stereocenters. The number of carbonyl (C=O) groups is 1. The van der Waals surface area contributed by atoms with Gasteiger partial charge in [0.25, 0.3) is 5.69 Å². The van der Waals surface area contributed by atoms with Crippen LogP contribution in [-0.2, 0) is 0 Å². The Hall–Kier alpha value is -3.49. The van der Waals surface area contributed by atoms with E-state index in [4.69, 9.17) is 9.47 Å². The molecule has 0 heterocycles. The molecule has 0 aliphatic rings. The van der Waals surface area contributed by atoms with Crippen LogP contribution in [0.3, 0.4) is 0 Å². The third-order valence-corrected chi connectivity index (χ3v) is 3.76. The summed E-state index contributed by atoms with van der Waals surface area (Å²) >= 11 is 0. The van der Waals surface area contributed by atoms with Crippen molar-refractivity contribution in [3.63, 3.8) is 0 Å². The van der Waals surface area contributed by atoms with Gasteiger partial charge in [-0.25, -0.2) is 0 Å². The quantitative estimate of drug-likeness (QED) is 0.286. The Morgan fingerprint density at radius 3 is 2.36 bits per heavy atom. The monoisotopic (exact) mass is 393 g/mol. The van der Waals surface area contributed by atoms with E-state index >= 15 is 0 Å². The summed E-state index contributed by atoms with van der Waals surface area (Å²) in [6.45, 7) is -1.34. The number of nitrogens with zero attached hydrogens (tertiary/aromatic N) is 1. The smallest absolute Gasteiger partial charge is 0.387 e. The number of nitro groups is 1. The number of carbonyl (C=O) groups excluding carboxylic acids is 1. The zero-order valence-corrected chi connectivity index (χ0v) is 15.3. The second kappa shape index (κ2) is 8.94. The molecule has 0 atom stereocenters. The lowest BCUT2D eigenvalue weighted by molar-refractivity contribution is -0.385. The zero-order chi connectivity index (χ0) is 20.8. The van der Waals surface area contributed by atoms with Crippen molar-refractivity contribution in [3.05, 3.63) is 63.2 Å². The van der Waals surface area contributed by atoms with Crippen LogP contribution in [0.4, 0.5) is 14.5 Å². The van der Waals surface area contributed by atoms with Crippen LogP contribution in [0, 0.1) is 17.0 Å². The summed E-state index contributed by atoms with van der Waals surface area (Å²) in [6.07, 6.45) is 2.33. The van der Waals surface area contributed by atoms with Crippen molar-refractivity contribution in [1.82, 2.24) is 0 Å². The minimum Gasteiger partial charge on any atom is -0.496 e. The summed E-state index contributed by atoms with van der Waals surface area (Å²) in [5.74, 6) is -0.695. The fourth-order valence-electron chi connectivity index (χ4n) is 2.46. The molecule has 2 rings (SSSR count). The number of ether oxygens (including phenoxy) is 3. The number of halogens is 2.